The maximum atomic E-state index is 11.2. The van der Waals surface area contributed by atoms with Crippen LogP contribution in [-0.4, -0.2) is 33.7 Å². The number of nitrogens with zero attached hydrogens (tertiary/aromatic N) is 1. The Balaban J connectivity index is 2.15. The first-order chi connectivity index (χ1) is 9.00. The molecule has 1 aliphatic rings. The molecule has 1 unspecified atom stereocenters. The van der Waals surface area contributed by atoms with Gasteiger partial charge in [0.25, 0.3) is 0 Å². The van der Waals surface area contributed by atoms with Gasteiger partial charge in [-0.15, -0.1) is 0 Å². The van der Waals surface area contributed by atoms with Crippen LogP contribution in [0.2, 0.25) is 0 Å². The first kappa shape index (κ1) is 13.8. The Labute approximate surface area is 118 Å². The number of carbonyl (C=O) groups is 1. The van der Waals surface area contributed by atoms with Crippen molar-refractivity contribution < 1.29 is 9.90 Å². The van der Waals surface area contributed by atoms with E-state index in [0.717, 1.165) is 23.2 Å². The van der Waals surface area contributed by atoms with Crippen LogP contribution in [0, 0.1) is 13.8 Å². The lowest BCUT2D eigenvalue weighted by molar-refractivity contribution is -0.140. The third kappa shape index (κ3) is 2.87. The van der Waals surface area contributed by atoms with Gasteiger partial charge in [-0.1, -0.05) is 18.2 Å². The molecule has 1 aromatic carbocycles. The number of likely N-dealkylation sites (tertiary alicyclic amines) is 1. The molecule has 1 atom stereocenters. The van der Waals surface area contributed by atoms with Gasteiger partial charge in [-0.25, -0.2) is 4.79 Å². The number of nitrogens with one attached hydrogen (secondary N) is 1. The lowest BCUT2D eigenvalue weighted by Gasteiger charge is -2.25. The molecule has 4 nitrogen and oxygen atoms in total. The van der Waals surface area contributed by atoms with Crippen LogP contribution < -0.4 is 5.32 Å². The first-order valence-corrected chi connectivity index (χ1v) is 6.78. The van der Waals surface area contributed by atoms with E-state index in [1.165, 1.54) is 0 Å². The van der Waals surface area contributed by atoms with E-state index in [9.17, 15) is 9.90 Å². The van der Waals surface area contributed by atoms with Crippen LogP contribution in [0.25, 0.3) is 0 Å². The van der Waals surface area contributed by atoms with Gasteiger partial charge in [-0.2, -0.15) is 0 Å². The Morgan fingerprint density at radius 2 is 2.05 bits per heavy atom. The average Bonchev–Trinajstić information content (AvgIpc) is 2.83. The zero-order chi connectivity index (χ0) is 14.0. The smallest absolute Gasteiger partial charge is 0.326 e. The summed E-state index contributed by atoms with van der Waals surface area (Å²) in [5.41, 5.74) is 3.19. The zero-order valence-corrected chi connectivity index (χ0v) is 12.0. The molecule has 1 heterocycles. The van der Waals surface area contributed by atoms with Crippen molar-refractivity contribution in [3.05, 3.63) is 29.3 Å². The fraction of sp³-hybridized carbons (Fsp3) is 0.429. The minimum atomic E-state index is -0.803. The second-order valence-corrected chi connectivity index (χ2v) is 5.27. The van der Waals surface area contributed by atoms with Crippen LogP contribution in [0.4, 0.5) is 5.69 Å². The molecule has 1 aromatic rings. The van der Waals surface area contributed by atoms with Crippen molar-refractivity contribution in [3.63, 3.8) is 0 Å². The van der Waals surface area contributed by atoms with Gasteiger partial charge in [0, 0.05) is 12.2 Å². The van der Waals surface area contributed by atoms with E-state index in [1.807, 2.05) is 32.0 Å². The van der Waals surface area contributed by atoms with Crippen molar-refractivity contribution >= 4 is 29.0 Å². The number of aryl methyl sites for hydroxylation is 2. The molecule has 5 heteroatoms. The number of carboxylic acid groups (broad SMARTS) is 1. The number of hydrogen-bond donors (Lipinski definition) is 2. The van der Waals surface area contributed by atoms with E-state index in [0.29, 0.717) is 18.1 Å². The SMILES string of the molecule is Cc1cccc(C)c1NC(=S)N1CCCC1C(=O)O. The third-order valence-corrected chi connectivity index (χ3v) is 3.85. The summed E-state index contributed by atoms with van der Waals surface area (Å²) in [4.78, 5) is 12.9. The Hall–Kier alpha value is -1.62. The predicted molar refractivity (Wildman–Crippen MR) is 79.5 cm³/mol. The molecule has 19 heavy (non-hydrogen) atoms. The Kier molecular flexibility index (Phi) is 4.04. The quantitative estimate of drug-likeness (QED) is 0.814. The summed E-state index contributed by atoms with van der Waals surface area (Å²) >= 11 is 5.36. The van der Waals surface area contributed by atoms with E-state index in [1.54, 1.807) is 4.90 Å². The molecule has 1 fully saturated rings. The van der Waals surface area contributed by atoms with Crippen LogP contribution in [0.3, 0.4) is 0 Å². The van der Waals surface area contributed by atoms with Crippen LogP contribution in [-0.2, 0) is 4.79 Å². The third-order valence-electron chi connectivity index (χ3n) is 3.51. The van der Waals surface area contributed by atoms with Crippen LogP contribution >= 0.6 is 12.2 Å². The molecule has 2 N–H and O–H groups in total. The highest BCUT2D eigenvalue weighted by molar-refractivity contribution is 7.80. The minimum Gasteiger partial charge on any atom is -0.480 e. The highest BCUT2D eigenvalue weighted by Gasteiger charge is 2.32. The Morgan fingerprint density at radius 3 is 2.63 bits per heavy atom. The molecular weight excluding hydrogens is 260 g/mol. The summed E-state index contributed by atoms with van der Waals surface area (Å²) in [7, 11) is 0. The molecular formula is C14H18N2O2S. The van der Waals surface area contributed by atoms with Crippen molar-refractivity contribution in [1.29, 1.82) is 0 Å². The molecule has 2 rings (SSSR count). The van der Waals surface area contributed by atoms with Crippen molar-refractivity contribution in [2.75, 3.05) is 11.9 Å². The van der Waals surface area contributed by atoms with Crippen LogP contribution in [0.15, 0.2) is 18.2 Å². The van der Waals surface area contributed by atoms with Crippen LogP contribution in [0.5, 0.6) is 0 Å². The average molecular weight is 278 g/mol. The van der Waals surface area contributed by atoms with Crippen molar-refractivity contribution in [3.8, 4) is 0 Å². The van der Waals surface area contributed by atoms with E-state index in [2.05, 4.69) is 5.32 Å². The van der Waals surface area contributed by atoms with Crippen molar-refractivity contribution in [2.24, 2.45) is 0 Å². The number of para-hydroxylation sites is 1. The molecule has 0 saturated carbocycles. The second-order valence-electron chi connectivity index (χ2n) is 4.89. The summed E-state index contributed by atoms with van der Waals surface area (Å²) in [6.07, 6.45) is 1.52. The van der Waals surface area contributed by atoms with Gasteiger partial charge in [0.2, 0.25) is 0 Å². The summed E-state index contributed by atoms with van der Waals surface area (Å²) in [5.74, 6) is -0.803. The maximum Gasteiger partial charge on any atom is 0.326 e. The Morgan fingerprint density at radius 1 is 1.42 bits per heavy atom. The van der Waals surface area contributed by atoms with Gasteiger partial charge < -0.3 is 15.3 Å². The van der Waals surface area contributed by atoms with Gasteiger partial charge in [0.15, 0.2) is 5.11 Å². The molecule has 0 amide bonds. The number of benzene rings is 1. The van der Waals surface area contributed by atoms with E-state index >= 15 is 0 Å². The van der Waals surface area contributed by atoms with Gasteiger partial charge in [0.05, 0.1) is 0 Å². The lowest BCUT2D eigenvalue weighted by atomic mass is 10.1. The van der Waals surface area contributed by atoms with Crippen molar-refractivity contribution in [2.45, 2.75) is 32.7 Å². The largest absolute Gasteiger partial charge is 0.480 e. The second kappa shape index (κ2) is 5.57. The predicted octanol–water partition coefficient (Wildman–Crippen LogP) is 2.55. The highest BCUT2D eigenvalue weighted by atomic mass is 32.1. The highest BCUT2D eigenvalue weighted by Crippen LogP contribution is 2.23. The number of rotatable bonds is 2. The normalized spacial score (nSPS) is 18.4. The van der Waals surface area contributed by atoms with Gasteiger partial charge >= 0.3 is 5.97 Å². The summed E-state index contributed by atoms with van der Waals surface area (Å²) in [6.45, 7) is 4.72. The molecule has 102 valence electrons. The van der Waals surface area contributed by atoms with Crippen molar-refractivity contribution in [1.82, 2.24) is 4.90 Å². The number of aliphatic carboxylic acids is 1. The molecule has 0 aliphatic carbocycles. The number of carboxylic acids is 1. The lowest BCUT2D eigenvalue weighted by Crippen LogP contribution is -2.42. The molecule has 1 aliphatic heterocycles. The maximum absolute atomic E-state index is 11.2. The zero-order valence-electron chi connectivity index (χ0n) is 11.1. The molecule has 0 spiro atoms. The fourth-order valence-corrected chi connectivity index (χ4v) is 2.78. The number of thiocarbonyl (C=S) groups is 1. The molecule has 0 aromatic heterocycles. The number of hydrogen-bond acceptors (Lipinski definition) is 2. The summed E-state index contributed by atoms with van der Waals surface area (Å²) in [6, 6.07) is 5.52. The van der Waals surface area contributed by atoms with E-state index < -0.39 is 12.0 Å². The van der Waals surface area contributed by atoms with E-state index in [4.69, 9.17) is 12.2 Å². The molecule has 0 radical (unpaired) electrons. The first-order valence-electron chi connectivity index (χ1n) is 6.37. The molecule has 0 bridgehead atoms. The van der Waals surface area contributed by atoms with Gasteiger partial charge in [0.1, 0.15) is 6.04 Å². The summed E-state index contributed by atoms with van der Waals surface area (Å²) < 4.78 is 0. The van der Waals surface area contributed by atoms with Gasteiger partial charge in [-0.05, 0) is 50.0 Å². The van der Waals surface area contributed by atoms with E-state index in [-0.39, 0.29) is 0 Å². The fourth-order valence-electron chi connectivity index (χ4n) is 2.46. The molecule has 1 saturated heterocycles. The summed E-state index contributed by atoms with van der Waals surface area (Å²) in [5, 5.41) is 12.9. The topological polar surface area (TPSA) is 52.6 Å². The Bertz CT molecular complexity index is 496. The number of anilines is 1. The van der Waals surface area contributed by atoms with Crippen LogP contribution in [0.1, 0.15) is 24.0 Å². The monoisotopic (exact) mass is 278 g/mol. The standard InChI is InChI=1S/C14H18N2O2S/c1-9-5-3-6-10(2)12(9)15-14(19)16-8-4-7-11(16)13(17)18/h3,5-6,11H,4,7-8H2,1-2H3,(H,15,19)(H,17,18). The van der Waals surface area contributed by atoms with Gasteiger partial charge in [-0.3, -0.25) is 0 Å². The minimum absolute atomic E-state index is 0.496.